The van der Waals surface area contributed by atoms with Crippen LogP contribution in [0.5, 0.6) is 0 Å². The van der Waals surface area contributed by atoms with Crippen LogP contribution in [0.25, 0.3) is 0 Å². The quantitative estimate of drug-likeness (QED) is 0.673. The Morgan fingerprint density at radius 1 is 1.47 bits per heavy atom. The number of anilines is 1. The van der Waals surface area contributed by atoms with Crippen molar-refractivity contribution in [2.75, 3.05) is 18.1 Å². The number of benzene rings is 1. The Labute approximate surface area is 110 Å². The molecule has 1 heterocycles. The molecule has 2 rings (SSSR count). The van der Waals surface area contributed by atoms with E-state index in [-0.39, 0.29) is 18.3 Å². The van der Waals surface area contributed by atoms with E-state index in [1.807, 2.05) is 4.90 Å². The van der Waals surface area contributed by atoms with Crippen molar-refractivity contribution in [3.63, 3.8) is 0 Å². The molecule has 0 spiro atoms. The number of aliphatic hydroxyl groups excluding tert-OH is 1. The van der Waals surface area contributed by atoms with Crippen molar-refractivity contribution in [1.29, 1.82) is 0 Å². The average molecular weight is 268 g/mol. The zero-order chi connectivity index (χ0) is 13.8. The summed E-state index contributed by atoms with van der Waals surface area (Å²) in [7, 11) is 0. The number of nitro benzene ring substituents is 1. The van der Waals surface area contributed by atoms with Crippen molar-refractivity contribution >= 4 is 11.4 Å². The van der Waals surface area contributed by atoms with Gasteiger partial charge in [0.1, 0.15) is 11.5 Å². The van der Waals surface area contributed by atoms with E-state index in [0.29, 0.717) is 18.7 Å². The largest absolute Gasteiger partial charge is 0.396 e. The standard InChI is InChI=1S/C13H17FN2O3/c14-10-4-5-12(13(9-10)16(18)19)15-7-2-1-3-11(15)6-8-17/h4-5,9,11,17H,1-3,6-8H2. The molecular formula is C13H17FN2O3. The van der Waals surface area contributed by atoms with E-state index in [2.05, 4.69) is 0 Å². The normalized spacial score (nSPS) is 19.5. The fourth-order valence-electron chi connectivity index (χ4n) is 2.65. The first-order chi connectivity index (χ1) is 9.13. The molecule has 0 bridgehead atoms. The topological polar surface area (TPSA) is 66.6 Å². The van der Waals surface area contributed by atoms with E-state index >= 15 is 0 Å². The van der Waals surface area contributed by atoms with Gasteiger partial charge in [-0.1, -0.05) is 0 Å². The molecule has 1 N–H and O–H groups in total. The van der Waals surface area contributed by atoms with Crippen LogP contribution < -0.4 is 4.90 Å². The smallest absolute Gasteiger partial charge is 0.295 e. The second-order valence-corrected chi connectivity index (χ2v) is 4.75. The number of piperidine rings is 1. The van der Waals surface area contributed by atoms with Gasteiger partial charge in [0.15, 0.2) is 0 Å². The molecule has 0 aliphatic carbocycles. The Kier molecular flexibility index (Phi) is 4.31. The molecule has 0 saturated carbocycles. The van der Waals surface area contributed by atoms with Gasteiger partial charge in [0.2, 0.25) is 0 Å². The summed E-state index contributed by atoms with van der Waals surface area (Å²) in [6.45, 7) is 0.757. The lowest BCUT2D eigenvalue weighted by Crippen LogP contribution is -2.40. The Bertz CT molecular complexity index is 465. The van der Waals surface area contributed by atoms with Gasteiger partial charge < -0.3 is 10.0 Å². The van der Waals surface area contributed by atoms with Crippen LogP contribution in [-0.2, 0) is 0 Å². The van der Waals surface area contributed by atoms with Crippen LogP contribution in [0.1, 0.15) is 25.7 Å². The Balaban J connectivity index is 2.35. The maximum Gasteiger partial charge on any atom is 0.295 e. The van der Waals surface area contributed by atoms with Crippen LogP contribution in [0.3, 0.4) is 0 Å². The lowest BCUT2D eigenvalue weighted by atomic mass is 9.98. The molecule has 5 nitrogen and oxygen atoms in total. The highest BCUT2D eigenvalue weighted by molar-refractivity contribution is 5.64. The minimum Gasteiger partial charge on any atom is -0.396 e. The van der Waals surface area contributed by atoms with Gasteiger partial charge in [-0.25, -0.2) is 4.39 Å². The zero-order valence-electron chi connectivity index (χ0n) is 10.6. The molecule has 1 atom stereocenters. The lowest BCUT2D eigenvalue weighted by molar-refractivity contribution is -0.384. The Morgan fingerprint density at radius 3 is 2.95 bits per heavy atom. The summed E-state index contributed by atoms with van der Waals surface area (Å²) in [6, 6.07) is 3.75. The number of rotatable bonds is 4. The minimum atomic E-state index is -0.605. The number of aliphatic hydroxyl groups is 1. The summed E-state index contributed by atoms with van der Waals surface area (Å²) in [5.41, 5.74) is 0.245. The van der Waals surface area contributed by atoms with Crippen molar-refractivity contribution < 1.29 is 14.4 Å². The number of nitro groups is 1. The van der Waals surface area contributed by atoms with E-state index in [0.717, 1.165) is 25.3 Å². The minimum absolute atomic E-state index is 0.0517. The second-order valence-electron chi connectivity index (χ2n) is 4.75. The van der Waals surface area contributed by atoms with Gasteiger partial charge in [0.05, 0.1) is 11.0 Å². The molecule has 1 aromatic rings. The monoisotopic (exact) mass is 268 g/mol. The maximum atomic E-state index is 13.2. The van der Waals surface area contributed by atoms with Gasteiger partial charge in [-0.2, -0.15) is 0 Å². The summed E-state index contributed by atoms with van der Waals surface area (Å²) in [4.78, 5) is 12.4. The maximum absolute atomic E-state index is 13.2. The fourth-order valence-corrected chi connectivity index (χ4v) is 2.65. The third kappa shape index (κ3) is 3.01. The van der Waals surface area contributed by atoms with Crippen LogP contribution in [0, 0.1) is 15.9 Å². The lowest BCUT2D eigenvalue weighted by Gasteiger charge is -2.37. The van der Waals surface area contributed by atoms with Gasteiger partial charge in [-0.15, -0.1) is 0 Å². The number of nitrogens with zero attached hydrogens (tertiary/aromatic N) is 2. The van der Waals surface area contributed by atoms with Gasteiger partial charge in [0, 0.05) is 19.2 Å². The van der Waals surface area contributed by atoms with Gasteiger partial charge >= 0.3 is 0 Å². The van der Waals surface area contributed by atoms with E-state index < -0.39 is 10.7 Å². The van der Waals surface area contributed by atoms with Crippen molar-refractivity contribution in [2.24, 2.45) is 0 Å². The Hall–Kier alpha value is -1.69. The molecule has 0 radical (unpaired) electrons. The number of hydrogen-bond donors (Lipinski definition) is 1. The fraction of sp³-hybridized carbons (Fsp3) is 0.538. The van der Waals surface area contributed by atoms with Crippen molar-refractivity contribution in [3.05, 3.63) is 34.1 Å². The van der Waals surface area contributed by atoms with Crippen LogP contribution in [0.2, 0.25) is 0 Å². The SMILES string of the molecule is O=[N+]([O-])c1cc(F)ccc1N1CCCCC1CCO. The summed E-state index contributed by atoms with van der Waals surface area (Å²) >= 11 is 0. The summed E-state index contributed by atoms with van der Waals surface area (Å²) < 4.78 is 13.2. The van der Waals surface area contributed by atoms with Gasteiger partial charge in [-0.3, -0.25) is 10.1 Å². The summed E-state index contributed by atoms with van der Waals surface area (Å²) in [5.74, 6) is -0.605. The first-order valence-electron chi connectivity index (χ1n) is 6.45. The first kappa shape index (κ1) is 13.7. The van der Waals surface area contributed by atoms with Crippen LogP contribution in [0.4, 0.5) is 15.8 Å². The highest BCUT2D eigenvalue weighted by Gasteiger charge is 2.27. The zero-order valence-corrected chi connectivity index (χ0v) is 10.6. The van der Waals surface area contributed by atoms with Crippen molar-refractivity contribution in [1.82, 2.24) is 0 Å². The Morgan fingerprint density at radius 2 is 2.26 bits per heavy atom. The van der Waals surface area contributed by atoms with Crippen molar-refractivity contribution in [2.45, 2.75) is 31.7 Å². The second kappa shape index (κ2) is 5.97. The van der Waals surface area contributed by atoms with E-state index in [9.17, 15) is 14.5 Å². The summed E-state index contributed by atoms with van der Waals surface area (Å²) in [6.07, 6.45) is 3.48. The third-order valence-corrected chi connectivity index (χ3v) is 3.53. The molecule has 1 fully saturated rings. The average Bonchev–Trinajstić information content (AvgIpc) is 2.40. The van der Waals surface area contributed by atoms with Crippen LogP contribution in [-0.4, -0.2) is 29.2 Å². The molecule has 0 aromatic heterocycles. The van der Waals surface area contributed by atoms with Gasteiger partial charge in [0.25, 0.3) is 5.69 Å². The number of hydrogen-bond acceptors (Lipinski definition) is 4. The predicted octanol–water partition coefficient (Wildman–Crippen LogP) is 2.48. The van der Waals surface area contributed by atoms with E-state index in [1.54, 1.807) is 0 Å². The molecule has 104 valence electrons. The third-order valence-electron chi connectivity index (χ3n) is 3.53. The molecule has 1 aliphatic rings. The highest BCUT2D eigenvalue weighted by atomic mass is 19.1. The molecule has 1 unspecified atom stereocenters. The van der Waals surface area contributed by atoms with E-state index in [4.69, 9.17) is 5.11 Å². The van der Waals surface area contributed by atoms with Crippen molar-refractivity contribution in [3.8, 4) is 0 Å². The molecule has 0 amide bonds. The highest BCUT2D eigenvalue weighted by Crippen LogP contribution is 2.34. The van der Waals surface area contributed by atoms with Gasteiger partial charge in [-0.05, 0) is 37.8 Å². The van der Waals surface area contributed by atoms with Crippen LogP contribution in [0.15, 0.2) is 18.2 Å². The molecule has 6 heteroatoms. The summed E-state index contributed by atoms with van der Waals surface area (Å²) in [5, 5.41) is 20.1. The molecular weight excluding hydrogens is 251 g/mol. The first-order valence-corrected chi connectivity index (χ1v) is 6.45. The number of halogens is 1. The molecule has 1 aliphatic heterocycles. The predicted molar refractivity (Wildman–Crippen MR) is 69.7 cm³/mol. The molecule has 1 saturated heterocycles. The van der Waals surface area contributed by atoms with Crippen LogP contribution >= 0.6 is 0 Å². The molecule has 1 aromatic carbocycles. The molecule has 19 heavy (non-hydrogen) atoms. The van der Waals surface area contributed by atoms with E-state index in [1.165, 1.54) is 12.1 Å².